The average molecular weight is 468 g/mol. The van der Waals surface area contributed by atoms with Crippen molar-refractivity contribution in [1.29, 1.82) is 0 Å². The van der Waals surface area contributed by atoms with Gasteiger partial charge in [0.25, 0.3) is 5.91 Å². The Morgan fingerprint density at radius 3 is 2.37 bits per heavy atom. The number of benzene rings is 1. The summed E-state index contributed by atoms with van der Waals surface area (Å²) in [6, 6.07) is 5.40. The molecule has 0 spiro atoms. The summed E-state index contributed by atoms with van der Waals surface area (Å²) in [6.07, 6.45) is 0. The van der Waals surface area contributed by atoms with Gasteiger partial charge >= 0.3 is 0 Å². The number of thiophene rings is 1. The van der Waals surface area contributed by atoms with Gasteiger partial charge in [0.05, 0.1) is 6.54 Å². The third-order valence-electron chi connectivity index (χ3n) is 4.77. The molecule has 0 unspecified atom stereocenters. The van der Waals surface area contributed by atoms with E-state index in [9.17, 15) is 18.0 Å². The maximum Gasteiger partial charge on any atom is 0.263 e. The lowest BCUT2D eigenvalue weighted by molar-refractivity contribution is -0.115. The number of hydrogen-bond acceptors (Lipinski definition) is 6. The first-order valence-corrected chi connectivity index (χ1v) is 13.0. The van der Waals surface area contributed by atoms with Crippen molar-refractivity contribution in [2.45, 2.75) is 25.7 Å². The van der Waals surface area contributed by atoms with Crippen molar-refractivity contribution in [2.24, 2.45) is 0 Å². The van der Waals surface area contributed by atoms with Gasteiger partial charge in [-0.25, -0.2) is 8.42 Å². The van der Waals surface area contributed by atoms with Crippen molar-refractivity contribution in [2.75, 3.05) is 36.5 Å². The van der Waals surface area contributed by atoms with Crippen LogP contribution in [0.3, 0.4) is 0 Å². The van der Waals surface area contributed by atoms with Crippen LogP contribution >= 0.6 is 23.1 Å². The molecule has 1 aliphatic heterocycles. The van der Waals surface area contributed by atoms with Gasteiger partial charge in [-0.2, -0.15) is 16.1 Å². The molecule has 162 valence electrons. The summed E-state index contributed by atoms with van der Waals surface area (Å²) < 4.78 is 27.3. The second-order valence-corrected chi connectivity index (χ2v) is 11.2. The predicted octanol–water partition coefficient (Wildman–Crippen LogP) is 2.78. The Bertz CT molecular complexity index is 1030. The lowest BCUT2D eigenvalue weighted by Crippen LogP contribution is -2.39. The Kier molecular flexibility index (Phi) is 7.22. The van der Waals surface area contributed by atoms with Crippen LogP contribution in [0, 0.1) is 20.8 Å². The number of nitrogens with zero attached hydrogens (tertiary/aromatic N) is 1. The Morgan fingerprint density at radius 1 is 1.10 bits per heavy atom. The molecule has 0 aliphatic carbocycles. The first-order chi connectivity index (χ1) is 14.2. The molecule has 2 amide bonds. The zero-order chi connectivity index (χ0) is 21.9. The molecule has 1 saturated heterocycles. The number of rotatable bonds is 6. The van der Waals surface area contributed by atoms with Gasteiger partial charge < -0.3 is 10.6 Å². The molecule has 7 nitrogen and oxygen atoms in total. The molecule has 1 fully saturated rings. The van der Waals surface area contributed by atoms with E-state index in [1.165, 1.54) is 10.4 Å². The summed E-state index contributed by atoms with van der Waals surface area (Å²) in [5.41, 5.74) is 3.72. The van der Waals surface area contributed by atoms with E-state index in [4.69, 9.17) is 0 Å². The largest absolute Gasteiger partial charge is 0.342 e. The maximum absolute atomic E-state index is 12.9. The number of amides is 2. The highest BCUT2D eigenvalue weighted by Crippen LogP contribution is 2.27. The Morgan fingerprint density at radius 2 is 1.73 bits per heavy atom. The summed E-state index contributed by atoms with van der Waals surface area (Å²) in [5, 5.41) is 6.95. The summed E-state index contributed by atoms with van der Waals surface area (Å²) in [6.45, 7) is 6.43. The molecule has 2 aromatic rings. The topological polar surface area (TPSA) is 95.6 Å². The van der Waals surface area contributed by atoms with Crippen molar-refractivity contribution < 1.29 is 18.0 Å². The maximum atomic E-state index is 12.9. The molecule has 0 radical (unpaired) electrons. The number of hydrogen-bond donors (Lipinski definition) is 2. The highest BCUT2D eigenvalue weighted by atomic mass is 32.2. The first kappa shape index (κ1) is 22.8. The van der Waals surface area contributed by atoms with E-state index >= 15 is 0 Å². The fourth-order valence-corrected chi connectivity index (χ4v) is 7.29. The minimum atomic E-state index is -3.73. The number of carbonyl (C=O) groups excluding carboxylic acids is 2. The fraction of sp³-hybridized carbons (Fsp3) is 0.400. The standard InChI is InChI=1S/C20H25N3O4S3/c1-13-10-14(2)18(15(3)11-13)22-17(24)12-21-20(25)19-16(4-7-29-19)30(26,27)23-5-8-28-9-6-23/h4,7,10-11H,5-6,8-9,12H2,1-3H3,(H,21,25)(H,22,24). The molecular formula is C20H25N3O4S3. The van der Waals surface area contributed by atoms with Crippen LogP contribution in [-0.4, -0.2) is 55.7 Å². The van der Waals surface area contributed by atoms with E-state index in [1.807, 2.05) is 32.9 Å². The molecule has 30 heavy (non-hydrogen) atoms. The number of sulfonamides is 1. The molecule has 2 heterocycles. The van der Waals surface area contributed by atoms with Crippen molar-refractivity contribution >= 4 is 50.6 Å². The van der Waals surface area contributed by atoms with Crippen LogP contribution in [0.1, 0.15) is 26.4 Å². The second kappa shape index (κ2) is 9.51. The number of thioether (sulfide) groups is 1. The van der Waals surface area contributed by atoms with E-state index in [-0.39, 0.29) is 22.2 Å². The van der Waals surface area contributed by atoms with Crippen LogP contribution < -0.4 is 10.6 Å². The van der Waals surface area contributed by atoms with E-state index in [0.717, 1.165) is 45.2 Å². The molecule has 0 atom stereocenters. The quantitative estimate of drug-likeness (QED) is 0.681. The second-order valence-electron chi connectivity index (χ2n) is 7.14. The lowest BCUT2D eigenvalue weighted by Gasteiger charge is -2.25. The third kappa shape index (κ3) is 5.05. The Hall–Kier alpha value is -1.88. The molecule has 1 aromatic carbocycles. The normalized spacial score (nSPS) is 15.0. The van der Waals surface area contributed by atoms with Gasteiger partial charge in [0.1, 0.15) is 9.77 Å². The van der Waals surface area contributed by atoms with Gasteiger partial charge in [-0.3, -0.25) is 9.59 Å². The summed E-state index contributed by atoms with van der Waals surface area (Å²) >= 11 is 2.77. The lowest BCUT2D eigenvalue weighted by atomic mass is 10.1. The predicted molar refractivity (Wildman–Crippen MR) is 122 cm³/mol. The average Bonchev–Trinajstić information content (AvgIpc) is 3.20. The monoisotopic (exact) mass is 467 g/mol. The molecule has 0 saturated carbocycles. The van der Waals surface area contributed by atoms with Gasteiger partial charge in [0, 0.05) is 30.3 Å². The molecule has 1 aliphatic rings. The molecule has 1 aromatic heterocycles. The summed E-state index contributed by atoms with van der Waals surface area (Å²) in [5.74, 6) is 0.543. The summed E-state index contributed by atoms with van der Waals surface area (Å²) in [4.78, 5) is 25.1. The smallest absolute Gasteiger partial charge is 0.263 e. The summed E-state index contributed by atoms with van der Waals surface area (Å²) in [7, 11) is -3.73. The number of anilines is 1. The van der Waals surface area contributed by atoms with E-state index < -0.39 is 15.9 Å². The van der Waals surface area contributed by atoms with Gasteiger partial charge in [-0.05, 0) is 43.3 Å². The highest BCUT2D eigenvalue weighted by molar-refractivity contribution is 7.99. The first-order valence-electron chi connectivity index (χ1n) is 9.51. The van der Waals surface area contributed by atoms with Crippen molar-refractivity contribution in [3.05, 3.63) is 45.1 Å². The van der Waals surface area contributed by atoms with Crippen molar-refractivity contribution in [3.63, 3.8) is 0 Å². The molecule has 0 bridgehead atoms. The van der Waals surface area contributed by atoms with E-state index in [1.54, 1.807) is 17.1 Å². The van der Waals surface area contributed by atoms with E-state index in [2.05, 4.69) is 10.6 Å². The SMILES string of the molecule is Cc1cc(C)c(NC(=O)CNC(=O)c2sccc2S(=O)(=O)N2CCSCC2)c(C)c1. The number of aryl methyl sites for hydroxylation is 3. The van der Waals surface area contributed by atoms with Crippen LogP contribution in [0.25, 0.3) is 0 Å². The van der Waals surface area contributed by atoms with Gasteiger partial charge in [-0.15, -0.1) is 11.3 Å². The molecule has 3 rings (SSSR count). The molecule has 2 N–H and O–H groups in total. The Balaban J connectivity index is 1.66. The van der Waals surface area contributed by atoms with Crippen LogP contribution in [0.4, 0.5) is 5.69 Å². The van der Waals surface area contributed by atoms with Crippen LogP contribution in [0.5, 0.6) is 0 Å². The van der Waals surface area contributed by atoms with E-state index in [0.29, 0.717) is 13.1 Å². The van der Waals surface area contributed by atoms with Crippen molar-refractivity contribution in [1.82, 2.24) is 9.62 Å². The van der Waals surface area contributed by atoms with Crippen LogP contribution in [0.15, 0.2) is 28.5 Å². The van der Waals surface area contributed by atoms with Crippen LogP contribution in [0.2, 0.25) is 0 Å². The number of nitrogens with one attached hydrogen (secondary N) is 2. The zero-order valence-electron chi connectivity index (χ0n) is 17.1. The third-order valence-corrected chi connectivity index (χ3v) is 8.70. The van der Waals surface area contributed by atoms with Gasteiger partial charge in [0.2, 0.25) is 15.9 Å². The van der Waals surface area contributed by atoms with Crippen molar-refractivity contribution in [3.8, 4) is 0 Å². The minimum absolute atomic E-state index is 0.00234. The highest BCUT2D eigenvalue weighted by Gasteiger charge is 2.31. The van der Waals surface area contributed by atoms with Gasteiger partial charge in [-0.1, -0.05) is 17.7 Å². The molecular weight excluding hydrogens is 442 g/mol. The number of carbonyl (C=O) groups is 2. The fourth-order valence-electron chi connectivity index (χ4n) is 3.39. The van der Waals surface area contributed by atoms with Crippen LogP contribution in [-0.2, 0) is 14.8 Å². The van der Waals surface area contributed by atoms with Gasteiger partial charge in [0.15, 0.2) is 0 Å². The molecule has 10 heteroatoms. The Labute approximate surface area is 185 Å². The zero-order valence-corrected chi connectivity index (χ0v) is 19.6. The minimum Gasteiger partial charge on any atom is -0.342 e.